The monoisotopic (exact) mass is 486 g/mol. The fourth-order valence-corrected chi connectivity index (χ4v) is 4.63. The SMILES string of the molecule is Nc1nc(OCCCc2ccccc2)nc2c1nc(Br)n2CCCCN1CCCCC1. The van der Waals surface area contributed by atoms with E-state index in [2.05, 4.69) is 64.6 Å². The summed E-state index contributed by atoms with van der Waals surface area (Å²) in [5, 5.41) is 0. The van der Waals surface area contributed by atoms with Crippen molar-refractivity contribution in [2.45, 2.75) is 51.5 Å². The Hall–Kier alpha value is -2.19. The fraction of sp³-hybridized carbons (Fsp3) is 0.522. The maximum absolute atomic E-state index is 6.15. The number of hydrogen-bond donors (Lipinski definition) is 1. The number of nitrogens with two attached hydrogens (primary N) is 1. The molecule has 166 valence electrons. The van der Waals surface area contributed by atoms with Gasteiger partial charge in [0.25, 0.3) is 0 Å². The first-order valence-corrected chi connectivity index (χ1v) is 12.1. The molecule has 4 rings (SSSR count). The Bertz CT molecular complexity index is 971. The van der Waals surface area contributed by atoms with Gasteiger partial charge in [-0.15, -0.1) is 0 Å². The third-order valence-electron chi connectivity index (χ3n) is 5.79. The van der Waals surface area contributed by atoms with E-state index < -0.39 is 0 Å². The van der Waals surface area contributed by atoms with Crippen molar-refractivity contribution in [1.29, 1.82) is 0 Å². The van der Waals surface area contributed by atoms with E-state index in [-0.39, 0.29) is 0 Å². The number of aryl methyl sites for hydroxylation is 2. The van der Waals surface area contributed by atoms with E-state index in [0.717, 1.165) is 49.2 Å². The van der Waals surface area contributed by atoms with Crippen molar-refractivity contribution in [2.75, 3.05) is 32.0 Å². The third-order valence-corrected chi connectivity index (χ3v) is 6.40. The summed E-state index contributed by atoms with van der Waals surface area (Å²) in [5.41, 5.74) is 8.81. The lowest BCUT2D eigenvalue weighted by Crippen LogP contribution is -2.30. The van der Waals surface area contributed by atoms with Crippen LogP contribution >= 0.6 is 15.9 Å². The van der Waals surface area contributed by atoms with Crippen LogP contribution in [0, 0.1) is 0 Å². The van der Waals surface area contributed by atoms with Crippen LogP contribution in [0.5, 0.6) is 6.01 Å². The molecule has 2 aromatic heterocycles. The van der Waals surface area contributed by atoms with Crippen LogP contribution in [0.4, 0.5) is 5.82 Å². The predicted molar refractivity (Wildman–Crippen MR) is 127 cm³/mol. The van der Waals surface area contributed by atoms with E-state index in [1.54, 1.807) is 0 Å². The number of fused-ring (bicyclic) bond motifs is 1. The van der Waals surface area contributed by atoms with Gasteiger partial charge in [-0.05, 0) is 79.7 Å². The molecule has 1 aliphatic rings. The molecule has 1 aromatic carbocycles. The highest BCUT2D eigenvalue weighted by Crippen LogP contribution is 2.25. The number of imidazole rings is 1. The summed E-state index contributed by atoms with van der Waals surface area (Å²) in [6.07, 6.45) is 8.13. The summed E-state index contributed by atoms with van der Waals surface area (Å²) in [5.74, 6) is 0.357. The van der Waals surface area contributed by atoms with Crippen molar-refractivity contribution in [1.82, 2.24) is 24.4 Å². The average molecular weight is 487 g/mol. The first-order chi connectivity index (χ1) is 15.2. The summed E-state index contributed by atoms with van der Waals surface area (Å²) >= 11 is 3.56. The Morgan fingerprint density at radius 3 is 2.52 bits per heavy atom. The molecule has 2 N–H and O–H groups in total. The molecule has 1 fully saturated rings. The summed E-state index contributed by atoms with van der Waals surface area (Å²) in [6.45, 7) is 5.04. The Labute approximate surface area is 192 Å². The second-order valence-electron chi connectivity index (χ2n) is 8.14. The lowest BCUT2D eigenvalue weighted by atomic mass is 10.1. The van der Waals surface area contributed by atoms with E-state index in [0.29, 0.717) is 24.0 Å². The number of ether oxygens (including phenoxy) is 1. The molecule has 3 heterocycles. The number of anilines is 1. The smallest absolute Gasteiger partial charge is 0.320 e. The van der Waals surface area contributed by atoms with Crippen LogP contribution in [-0.2, 0) is 13.0 Å². The van der Waals surface area contributed by atoms with Gasteiger partial charge in [-0.25, -0.2) is 4.98 Å². The minimum atomic E-state index is 0.319. The number of aromatic nitrogens is 4. The lowest BCUT2D eigenvalue weighted by molar-refractivity contribution is 0.223. The molecule has 31 heavy (non-hydrogen) atoms. The zero-order valence-corrected chi connectivity index (χ0v) is 19.6. The van der Waals surface area contributed by atoms with Crippen molar-refractivity contribution in [2.24, 2.45) is 0 Å². The van der Waals surface area contributed by atoms with Crippen molar-refractivity contribution >= 4 is 32.9 Å². The topological polar surface area (TPSA) is 82.1 Å². The van der Waals surface area contributed by atoms with Crippen molar-refractivity contribution in [3.05, 3.63) is 40.6 Å². The second kappa shape index (κ2) is 10.9. The van der Waals surface area contributed by atoms with Gasteiger partial charge in [-0.1, -0.05) is 36.8 Å². The van der Waals surface area contributed by atoms with Crippen LogP contribution in [0.15, 0.2) is 35.1 Å². The molecule has 0 bridgehead atoms. The maximum Gasteiger partial charge on any atom is 0.320 e. The molecule has 0 spiro atoms. The van der Waals surface area contributed by atoms with Gasteiger partial charge in [-0.3, -0.25) is 0 Å². The number of hydrogen-bond acceptors (Lipinski definition) is 6. The van der Waals surface area contributed by atoms with Crippen LogP contribution in [0.25, 0.3) is 11.2 Å². The highest BCUT2D eigenvalue weighted by molar-refractivity contribution is 9.10. The third kappa shape index (κ3) is 5.95. The predicted octanol–water partition coefficient (Wildman–Crippen LogP) is 4.45. The molecule has 0 radical (unpaired) electrons. The number of rotatable bonds is 10. The van der Waals surface area contributed by atoms with Gasteiger partial charge < -0.3 is 19.9 Å². The largest absolute Gasteiger partial charge is 0.463 e. The van der Waals surface area contributed by atoms with Gasteiger partial charge in [0.1, 0.15) is 0 Å². The normalized spacial score (nSPS) is 14.9. The maximum atomic E-state index is 6.15. The van der Waals surface area contributed by atoms with Crippen LogP contribution in [0.2, 0.25) is 0 Å². The van der Waals surface area contributed by atoms with Gasteiger partial charge in [-0.2, -0.15) is 9.97 Å². The van der Waals surface area contributed by atoms with Gasteiger partial charge in [0.2, 0.25) is 0 Å². The molecule has 0 aliphatic carbocycles. The standard InChI is InChI=1S/C23H31BrN6O/c24-22-26-19-20(25)27-23(31-17-9-12-18-10-3-1-4-11-18)28-21(19)30(22)16-8-7-15-29-13-5-2-6-14-29/h1,3-4,10-11H,2,5-9,12-17H2,(H2,25,27,28). The van der Waals surface area contributed by atoms with Gasteiger partial charge in [0, 0.05) is 6.54 Å². The van der Waals surface area contributed by atoms with E-state index >= 15 is 0 Å². The zero-order valence-electron chi connectivity index (χ0n) is 18.0. The first kappa shape index (κ1) is 22.0. The minimum Gasteiger partial charge on any atom is -0.463 e. The molecule has 0 saturated carbocycles. The van der Waals surface area contributed by atoms with Crippen molar-refractivity contribution in [3.8, 4) is 6.01 Å². The Morgan fingerprint density at radius 2 is 1.71 bits per heavy atom. The zero-order chi connectivity index (χ0) is 21.5. The summed E-state index contributed by atoms with van der Waals surface area (Å²) in [6, 6.07) is 10.7. The van der Waals surface area contributed by atoms with Crippen molar-refractivity contribution in [3.63, 3.8) is 0 Å². The average Bonchev–Trinajstić information content (AvgIpc) is 3.11. The van der Waals surface area contributed by atoms with Gasteiger partial charge in [0.15, 0.2) is 21.7 Å². The molecule has 0 unspecified atom stereocenters. The molecule has 1 aliphatic heterocycles. The first-order valence-electron chi connectivity index (χ1n) is 11.3. The fourth-order valence-electron chi connectivity index (χ4n) is 4.11. The lowest BCUT2D eigenvalue weighted by Gasteiger charge is -2.26. The number of piperidine rings is 1. The molecule has 0 atom stereocenters. The van der Waals surface area contributed by atoms with E-state index in [1.165, 1.54) is 37.9 Å². The van der Waals surface area contributed by atoms with Crippen LogP contribution in [0.1, 0.15) is 44.1 Å². The van der Waals surface area contributed by atoms with Crippen molar-refractivity contribution < 1.29 is 4.74 Å². The number of nitrogens with zero attached hydrogens (tertiary/aromatic N) is 5. The molecule has 8 heteroatoms. The Balaban J connectivity index is 1.33. The summed E-state index contributed by atoms with van der Waals surface area (Å²) in [4.78, 5) is 16.0. The minimum absolute atomic E-state index is 0.319. The second-order valence-corrected chi connectivity index (χ2v) is 8.85. The Kier molecular flexibility index (Phi) is 7.75. The van der Waals surface area contributed by atoms with E-state index in [9.17, 15) is 0 Å². The molecule has 1 saturated heterocycles. The number of likely N-dealkylation sites (tertiary alicyclic amines) is 1. The number of unbranched alkanes of at least 4 members (excludes halogenated alkanes) is 1. The van der Waals surface area contributed by atoms with Crippen LogP contribution in [-0.4, -0.2) is 50.7 Å². The summed E-state index contributed by atoms with van der Waals surface area (Å²) in [7, 11) is 0. The van der Waals surface area contributed by atoms with Gasteiger partial charge >= 0.3 is 6.01 Å². The van der Waals surface area contributed by atoms with Gasteiger partial charge in [0.05, 0.1) is 6.61 Å². The van der Waals surface area contributed by atoms with Crippen LogP contribution < -0.4 is 10.5 Å². The molecular weight excluding hydrogens is 456 g/mol. The quantitative estimate of drug-likeness (QED) is 0.336. The van der Waals surface area contributed by atoms with Crippen LogP contribution in [0.3, 0.4) is 0 Å². The van der Waals surface area contributed by atoms with E-state index in [4.69, 9.17) is 10.5 Å². The highest BCUT2D eigenvalue weighted by Gasteiger charge is 2.16. The number of benzene rings is 1. The highest BCUT2D eigenvalue weighted by atomic mass is 79.9. The molecule has 7 nitrogen and oxygen atoms in total. The molecular formula is C23H31BrN6O. The number of nitrogen functional groups attached to an aromatic ring is 1. The number of halogens is 1. The Morgan fingerprint density at radius 1 is 0.935 bits per heavy atom. The summed E-state index contributed by atoms with van der Waals surface area (Å²) < 4.78 is 8.63. The molecule has 0 amide bonds. The molecule has 3 aromatic rings. The van der Waals surface area contributed by atoms with E-state index in [1.807, 2.05) is 6.07 Å².